The van der Waals surface area contributed by atoms with Crippen LogP contribution in [0.15, 0.2) is 22.7 Å². The van der Waals surface area contributed by atoms with Gasteiger partial charge in [-0.15, -0.1) is 0 Å². The summed E-state index contributed by atoms with van der Waals surface area (Å²) >= 11 is 3.44. The molecule has 104 valence electrons. The third-order valence-corrected chi connectivity index (χ3v) is 4.21. The zero-order valence-corrected chi connectivity index (χ0v) is 12.3. The highest BCUT2D eigenvalue weighted by atomic mass is 79.9. The van der Waals surface area contributed by atoms with Crippen molar-refractivity contribution in [2.75, 3.05) is 24.5 Å². The van der Waals surface area contributed by atoms with E-state index in [9.17, 15) is 10.1 Å². The molecule has 1 fully saturated rings. The number of nitrogens with zero attached hydrogens (tertiary/aromatic N) is 2. The predicted molar refractivity (Wildman–Crippen MR) is 79.4 cm³/mol. The van der Waals surface area contributed by atoms with Crippen molar-refractivity contribution < 1.29 is 4.92 Å². The van der Waals surface area contributed by atoms with Gasteiger partial charge >= 0.3 is 0 Å². The number of piperidine rings is 1. The number of nitro benzene ring substituents is 1. The molecule has 0 bridgehead atoms. The number of hydrogen-bond acceptors (Lipinski definition) is 4. The molecule has 0 amide bonds. The van der Waals surface area contributed by atoms with Gasteiger partial charge in [-0.25, -0.2) is 0 Å². The number of halogens is 1. The summed E-state index contributed by atoms with van der Waals surface area (Å²) in [5, 5.41) is 10.7. The summed E-state index contributed by atoms with van der Waals surface area (Å²) in [5.74, 6) is 0.626. The number of hydrogen-bond donors (Lipinski definition) is 1. The number of benzene rings is 1. The van der Waals surface area contributed by atoms with Crippen LogP contribution < -0.4 is 10.6 Å². The lowest BCUT2D eigenvalue weighted by Crippen LogP contribution is -2.36. The Morgan fingerprint density at radius 3 is 2.95 bits per heavy atom. The minimum atomic E-state index is -0.373. The molecule has 1 aliphatic rings. The molecule has 0 radical (unpaired) electrons. The lowest BCUT2D eigenvalue weighted by atomic mass is 9.94. The van der Waals surface area contributed by atoms with Crippen molar-refractivity contribution in [1.29, 1.82) is 0 Å². The highest BCUT2D eigenvalue weighted by Crippen LogP contribution is 2.33. The number of anilines is 1. The average Bonchev–Trinajstić information content (AvgIpc) is 2.39. The Morgan fingerprint density at radius 2 is 2.32 bits per heavy atom. The Kier molecular flexibility index (Phi) is 4.76. The molecule has 6 heteroatoms. The van der Waals surface area contributed by atoms with Crippen LogP contribution in [0, 0.1) is 16.0 Å². The quantitative estimate of drug-likeness (QED) is 0.681. The molecule has 0 spiro atoms. The van der Waals surface area contributed by atoms with Gasteiger partial charge in [0.25, 0.3) is 5.69 Å². The molecule has 0 aromatic heterocycles. The van der Waals surface area contributed by atoms with Gasteiger partial charge in [0.1, 0.15) is 0 Å². The van der Waals surface area contributed by atoms with Gasteiger partial charge in [0.2, 0.25) is 0 Å². The van der Waals surface area contributed by atoms with Crippen LogP contribution in [0.1, 0.15) is 19.3 Å². The maximum absolute atomic E-state index is 10.7. The first-order chi connectivity index (χ1) is 9.11. The van der Waals surface area contributed by atoms with Gasteiger partial charge in [-0.1, -0.05) is 0 Å². The van der Waals surface area contributed by atoms with E-state index >= 15 is 0 Å². The van der Waals surface area contributed by atoms with E-state index in [-0.39, 0.29) is 10.6 Å². The fourth-order valence-corrected chi connectivity index (χ4v) is 3.24. The standard InChI is InChI=1S/C13H18BrN3O2/c14-12-8-11(17(18)19)3-4-13(12)16-7-1-2-10(9-16)5-6-15/h3-4,8,10H,1-2,5-7,9,15H2. The lowest BCUT2D eigenvalue weighted by Gasteiger charge is -2.34. The second-order valence-electron chi connectivity index (χ2n) is 4.92. The van der Waals surface area contributed by atoms with Crippen LogP contribution in [-0.2, 0) is 0 Å². The van der Waals surface area contributed by atoms with Crippen molar-refractivity contribution in [2.45, 2.75) is 19.3 Å². The fourth-order valence-electron chi connectivity index (χ4n) is 2.62. The molecule has 2 N–H and O–H groups in total. The summed E-state index contributed by atoms with van der Waals surface area (Å²) in [6.45, 7) is 2.70. The van der Waals surface area contributed by atoms with Gasteiger partial charge in [-0.2, -0.15) is 0 Å². The molecule has 1 heterocycles. The average molecular weight is 328 g/mol. The normalized spacial score (nSPS) is 19.5. The second-order valence-corrected chi connectivity index (χ2v) is 5.78. The van der Waals surface area contributed by atoms with Crippen LogP contribution in [0.3, 0.4) is 0 Å². The maximum atomic E-state index is 10.7. The highest BCUT2D eigenvalue weighted by Gasteiger charge is 2.21. The van der Waals surface area contributed by atoms with E-state index in [2.05, 4.69) is 20.8 Å². The summed E-state index contributed by atoms with van der Waals surface area (Å²) in [5.41, 5.74) is 6.78. The van der Waals surface area contributed by atoms with Crippen molar-refractivity contribution in [3.05, 3.63) is 32.8 Å². The van der Waals surface area contributed by atoms with E-state index < -0.39 is 0 Å². The topological polar surface area (TPSA) is 72.4 Å². The van der Waals surface area contributed by atoms with Crippen molar-refractivity contribution in [1.82, 2.24) is 0 Å². The van der Waals surface area contributed by atoms with Gasteiger partial charge in [0.15, 0.2) is 0 Å². The second kappa shape index (κ2) is 6.34. The minimum absolute atomic E-state index is 0.117. The maximum Gasteiger partial charge on any atom is 0.270 e. The first-order valence-electron chi connectivity index (χ1n) is 6.50. The third-order valence-electron chi connectivity index (χ3n) is 3.58. The molecule has 0 saturated carbocycles. The van der Waals surface area contributed by atoms with Gasteiger partial charge in [0.05, 0.1) is 10.6 Å². The lowest BCUT2D eigenvalue weighted by molar-refractivity contribution is -0.384. The highest BCUT2D eigenvalue weighted by molar-refractivity contribution is 9.10. The summed E-state index contributed by atoms with van der Waals surface area (Å²) < 4.78 is 0.787. The van der Waals surface area contributed by atoms with Crippen LogP contribution in [0.4, 0.5) is 11.4 Å². The number of rotatable bonds is 4. The first-order valence-corrected chi connectivity index (χ1v) is 7.30. The zero-order chi connectivity index (χ0) is 13.8. The van der Waals surface area contributed by atoms with Gasteiger partial charge in [-0.3, -0.25) is 10.1 Å². The molecule has 1 saturated heterocycles. The third kappa shape index (κ3) is 3.45. The molecule has 1 atom stereocenters. The van der Waals surface area contributed by atoms with Crippen molar-refractivity contribution in [3.63, 3.8) is 0 Å². The summed E-state index contributed by atoms with van der Waals surface area (Å²) in [6, 6.07) is 4.96. The van der Waals surface area contributed by atoms with E-state index in [0.29, 0.717) is 5.92 Å². The molecule has 19 heavy (non-hydrogen) atoms. The molecular weight excluding hydrogens is 310 g/mol. The Morgan fingerprint density at radius 1 is 1.53 bits per heavy atom. The molecular formula is C13H18BrN3O2. The number of nitro groups is 1. The van der Waals surface area contributed by atoms with Crippen LogP contribution in [0.2, 0.25) is 0 Å². The molecule has 1 unspecified atom stereocenters. The molecule has 1 aromatic carbocycles. The number of non-ortho nitro benzene ring substituents is 1. The molecule has 2 rings (SSSR count). The Balaban J connectivity index is 2.15. The Labute approximate surface area is 121 Å². The van der Waals surface area contributed by atoms with E-state index in [4.69, 9.17) is 5.73 Å². The van der Waals surface area contributed by atoms with Crippen molar-refractivity contribution in [2.24, 2.45) is 11.7 Å². The van der Waals surface area contributed by atoms with E-state index in [1.54, 1.807) is 12.1 Å². The smallest absolute Gasteiger partial charge is 0.270 e. The predicted octanol–water partition coefficient (Wildman–Crippen LogP) is 2.92. The monoisotopic (exact) mass is 327 g/mol. The Hall–Kier alpha value is -1.14. The summed E-state index contributed by atoms with van der Waals surface area (Å²) in [4.78, 5) is 12.7. The van der Waals surface area contributed by atoms with E-state index in [0.717, 1.165) is 42.6 Å². The first kappa shape index (κ1) is 14.3. The minimum Gasteiger partial charge on any atom is -0.370 e. The van der Waals surface area contributed by atoms with E-state index in [1.165, 1.54) is 6.42 Å². The Bertz CT molecular complexity index is 465. The molecule has 1 aliphatic heterocycles. The summed E-state index contributed by atoms with van der Waals surface area (Å²) in [7, 11) is 0. The van der Waals surface area contributed by atoms with Crippen LogP contribution >= 0.6 is 15.9 Å². The SMILES string of the molecule is NCCC1CCCN(c2ccc([N+](=O)[O-])cc2Br)C1. The van der Waals surface area contributed by atoms with Gasteiger partial charge in [-0.05, 0) is 53.7 Å². The van der Waals surface area contributed by atoms with E-state index in [1.807, 2.05) is 6.07 Å². The molecule has 1 aromatic rings. The molecule has 0 aliphatic carbocycles. The number of nitrogens with two attached hydrogens (primary N) is 1. The van der Waals surface area contributed by atoms with Gasteiger partial charge in [0, 0.05) is 29.7 Å². The molecule has 5 nitrogen and oxygen atoms in total. The zero-order valence-electron chi connectivity index (χ0n) is 10.7. The summed E-state index contributed by atoms with van der Waals surface area (Å²) in [6.07, 6.45) is 3.41. The largest absolute Gasteiger partial charge is 0.370 e. The van der Waals surface area contributed by atoms with Crippen LogP contribution in [0.25, 0.3) is 0 Å². The fraction of sp³-hybridized carbons (Fsp3) is 0.538. The van der Waals surface area contributed by atoms with Crippen LogP contribution in [-0.4, -0.2) is 24.6 Å². The van der Waals surface area contributed by atoms with Crippen LogP contribution in [0.5, 0.6) is 0 Å². The van der Waals surface area contributed by atoms with Gasteiger partial charge < -0.3 is 10.6 Å². The van der Waals surface area contributed by atoms with Crippen molar-refractivity contribution >= 4 is 27.3 Å². The van der Waals surface area contributed by atoms with Crippen molar-refractivity contribution in [3.8, 4) is 0 Å².